The first kappa shape index (κ1) is 23.6. The molecule has 5 rings (SSSR count). The Morgan fingerprint density at radius 3 is 2.33 bits per heavy atom. The molecule has 9 heteroatoms. The highest BCUT2D eigenvalue weighted by molar-refractivity contribution is 6.16. The van der Waals surface area contributed by atoms with E-state index in [0.717, 1.165) is 23.0 Å². The highest BCUT2D eigenvalue weighted by atomic mass is 19.2. The summed E-state index contributed by atoms with van der Waals surface area (Å²) in [5.41, 5.74) is 1.46. The Balaban J connectivity index is 1.45. The predicted octanol–water partition coefficient (Wildman–Crippen LogP) is 6.86. The Morgan fingerprint density at radius 2 is 1.64 bits per heavy atom. The fraction of sp³-hybridized carbons (Fsp3) is 0.148. The Kier molecular flexibility index (Phi) is 5.78. The summed E-state index contributed by atoms with van der Waals surface area (Å²) in [6.45, 7) is 3.45. The van der Waals surface area contributed by atoms with E-state index in [1.54, 1.807) is 13.0 Å². The van der Waals surface area contributed by atoms with Crippen LogP contribution in [0.3, 0.4) is 0 Å². The summed E-state index contributed by atoms with van der Waals surface area (Å²) in [7, 11) is 0. The largest absolute Gasteiger partial charge is 0.489 e. The van der Waals surface area contributed by atoms with E-state index in [9.17, 15) is 26.7 Å². The number of aromatic nitrogens is 1. The molecule has 0 unspecified atom stereocenters. The molecule has 36 heavy (non-hydrogen) atoms. The molecule has 4 nitrogen and oxygen atoms in total. The molecule has 0 aliphatic carbocycles. The Morgan fingerprint density at radius 1 is 0.972 bits per heavy atom. The van der Waals surface area contributed by atoms with E-state index >= 15 is 0 Å². The monoisotopic (exact) mass is 499 g/mol. The summed E-state index contributed by atoms with van der Waals surface area (Å²) in [6.07, 6.45) is 3.56. The van der Waals surface area contributed by atoms with Crippen molar-refractivity contribution in [3.8, 4) is 11.5 Å². The van der Waals surface area contributed by atoms with Gasteiger partial charge in [-0.15, -0.1) is 0 Å². The van der Waals surface area contributed by atoms with Crippen LogP contribution in [0.5, 0.6) is 11.5 Å². The number of allylic oxidation sites excluding steroid dienone is 1. The van der Waals surface area contributed by atoms with Crippen LogP contribution in [-0.4, -0.2) is 10.4 Å². The van der Waals surface area contributed by atoms with Crippen LogP contribution in [0.15, 0.2) is 48.4 Å². The van der Waals surface area contributed by atoms with Gasteiger partial charge in [-0.05, 0) is 37.6 Å². The molecule has 1 aliphatic rings. The summed E-state index contributed by atoms with van der Waals surface area (Å²) < 4.78 is 81.3. The highest BCUT2D eigenvalue weighted by Gasteiger charge is 2.31. The number of para-hydroxylation sites is 1. The maximum atomic E-state index is 14.0. The fourth-order valence-corrected chi connectivity index (χ4v) is 4.29. The van der Waals surface area contributed by atoms with Gasteiger partial charge in [-0.2, -0.15) is 0 Å². The van der Waals surface area contributed by atoms with Gasteiger partial charge in [0.2, 0.25) is 11.6 Å². The predicted molar refractivity (Wildman–Crippen MR) is 122 cm³/mol. The van der Waals surface area contributed by atoms with Crippen molar-refractivity contribution in [1.82, 2.24) is 4.57 Å². The molecule has 1 aliphatic heterocycles. The molecule has 0 saturated heterocycles. The molecular weight excluding hydrogens is 481 g/mol. The quantitative estimate of drug-likeness (QED) is 0.130. The van der Waals surface area contributed by atoms with Gasteiger partial charge < -0.3 is 14.0 Å². The molecule has 0 fully saturated rings. The van der Waals surface area contributed by atoms with E-state index in [1.807, 2.05) is 42.0 Å². The number of benzene rings is 3. The normalized spacial score (nSPS) is 14.0. The standard InChI is InChI=1S/C27H18F5NO3/c1-3-33-11-14(16-6-4-5-7-18(16)33)9-20-27(34)21-13(2)8-15(10-19(21)36-20)35-12-17-22(28)24(30)26(32)25(31)23(17)29/h4-11H,3,12H2,1-2H3/b20-9-. The number of fused-ring (bicyclic) bond motifs is 2. The third-order valence-corrected chi connectivity index (χ3v) is 6.07. The molecule has 0 bridgehead atoms. The van der Waals surface area contributed by atoms with Crippen LogP contribution in [0.4, 0.5) is 22.0 Å². The van der Waals surface area contributed by atoms with Gasteiger partial charge in [0, 0.05) is 35.3 Å². The lowest BCUT2D eigenvalue weighted by Gasteiger charge is -2.11. The number of aryl methyl sites for hydroxylation is 2. The molecule has 0 amide bonds. The van der Waals surface area contributed by atoms with E-state index in [0.29, 0.717) is 11.1 Å². The maximum Gasteiger partial charge on any atom is 0.232 e. The van der Waals surface area contributed by atoms with E-state index in [4.69, 9.17) is 9.47 Å². The lowest BCUT2D eigenvalue weighted by molar-refractivity contribution is 0.101. The number of carbonyl (C=O) groups is 1. The summed E-state index contributed by atoms with van der Waals surface area (Å²) in [6, 6.07) is 10.5. The third kappa shape index (κ3) is 3.71. The molecule has 0 spiro atoms. The van der Waals surface area contributed by atoms with E-state index in [-0.39, 0.29) is 23.0 Å². The van der Waals surface area contributed by atoms with Gasteiger partial charge in [0.1, 0.15) is 18.1 Å². The molecular formula is C27H18F5NO3. The zero-order valence-electron chi connectivity index (χ0n) is 19.1. The highest BCUT2D eigenvalue weighted by Crippen LogP contribution is 2.38. The van der Waals surface area contributed by atoms with Gasteiger partial charge in [-0.1, -0.05) is 18.2 Å². The molecule has 1 aromatic heterocycles. The Bertz CT molecular complexity index is 1560. The van der Waals surface area contributed by atoms with E-state index in [2.05, 4.69) is 0 Å². The fourth-order valence-electron chi connectivity index (χ4n) is 4.29. The molecule has 0 N–H and O–H groups in total. The van der Waals surface area contributed by atoms with Crippen molar-refractivity contribution in [1.29, 1.82) is 0 Å². The van der Waals surface area contributed by atoms with Crippen molar-refractivity contribution >= 4 is 22.8 Å². The minimum atomic E-state index is -2.24. The number of halogens is 5. The minimum absolute atomic E-state index is 0.0341. The van der Waals surface area contributed by atoms with Crippen molar-refractivity contribution in [2.75, 3.05) is 0 Å². The van der Waals surface area contributed by atoms with Crippen molar-refractivity contribution in [2.45, 2.75) is 27.0 Å². The number of ether oxygens (including phenoxy) is 2. The molecule has 0 radical (unpaired) electrons. The van der Waals surface area contributed by atoms with Gasteiger partial charge in [0.25, 0.3) is 0 Å². The summed E-state index contributed by atoms with van der Waals surface area (Å²) >= 11 is 0. The van der Waals surface area contributed by atoms with Gasteiger partial charge in [0.05, 0.1) is 11.1 Å². The minimum Gasteiger partial charge on any atom is -0.489 e. The molecule has 0 saturated carbocycles. The zero-order chi connectivity index (χ0) is 25.7. The summed E-state index contributed by atoms with van der Waals surface area (Å²) in [5.74, 6) is -10.3. The summed E-state index contributed by atoms with van der Waals surface area (Å²) in [4.78, 5) is 13.1. The lowest BCUT2D eigenvalue weighted by Crippen LogP contribution is -2.10. The Hall–Kier alpha value is -4.14. The maximum absolute atomic E-state index is 14.0. The van der Waals surface area contributed by atoms with Gasteiger partial charge in [0.15, 0.2) is 29.0 Å². The number of nitrogens with zero attached hydrogens (tertiary/aromatic N) is 1. The number of rotatable bonds is 5. The lowest BCUT2D eigenvalue weighted by atomic mass is 10.0. The second-order valence-electron chi connectivity index (χ2n) is 8.28. The first-order valence-corrected chi connectivity index (χ1v) is 11.0. The van der Waals surface area contributed by atoms with E-state index < -0.39 is 41.3 Å². The van der Waals surface area contributed by atoms with Crippen LogP contribution in [0.25, 0.3) is 17.0 Å². The van der Waals surface area contributed by atoms with Gasteiger partial charge >= 0.3 is 0 Å². The second-order valence-corrected chi connectivity index (χ2v) is 8.28. The summed E-state index contributed by atoms with van der Waals surface area (Å²) in [5, 5.41) is 0.947. The van der Waals surface area contributed by atoms with Crippen molar-refractivity contribution in [3.05, 3.63) is 99.7 Å². The van der Waals surface area contributed by atoms with Crippen molar-refractivity contribution < 1.29 is 36.2 Å². The van der Waals surface area contributed by atoms with Crippen LogP contribution in [0.2, 0.25) is 0 Å². The molecule has 4 aromatic rings. The van der Waals surface area contributed by atoms with Crippen LogP contribution >= 0.6 is 0 Å². The topological polar surface area (TPSA) is 40.5 Å². The molecule has 3 aromatic carbocycles. The number of hydrogen-bond acceptors (Lipinski definition) is 3. The number of ketones is 1. The molecule has 184 valence electrons. The number of carbonyl (C=O) groups excluding carboxylic acids is 1. The van der Waals surface area contributed by atoms with Crippen LogP contribution in [0, 0.1) is 36.0 Å². The average molecular weight is 499 g/mol. The number of hydrogen-bond donors (Lipinski definition) is 0. The smallest absolute Gasteiger partial charge is 0.232 e. The van der Waals surface area contributed by atoms with Crippen LogP contribution < -0.4 is 9.47 Å². The van der Waals surface area contributed by atoms with Gasteiger partial charge in [-0.25, -0.2) is 22.0 Å². The average Bonchev–Trinajstić information content (AvgIpc) is 3.39. The number of Topliss-reactive ketones (excluding diaryl/α,β-unsaturated/α-hetero) is 1. The zero-order valence-corrected chi connectivity index (χ0v) is 19.1. The first-order valence-electron chi connectivity index (χ1n) is 11.0. The van der Waals surface area contributed by atoms with Crippen LogP contribution in [0.1, 0.15) is 34.0 Å². The van der Waals surface area contributed by atoms with Crippen molar-refractivity contribution in [2.24, 2.45) is 0 Å². The third-order valence-electron chi connectivity index (χ3n) is 6.07. The first-order chi connectivity index (χ1) is 17.2. The van der Waals surface area contributed by atoms with Crippen molar-refractivity contribution in [3.63, 3.8) is 0 Å². The molecule has 0 atom stereocenters. The van der Waals surface area contributed by atoms with Crippen LogP contribution in [-0.2, 0) is 13.2 Å². The Labute approximate surface area is 202 Å². The molecule has 2 heterocycles. The van der Waals surface area contributed by atoms with Gasteiger partial charge in [-0.3, -0.25) is 4.79 Å². The SMILES string of the molecule is CCn1cc(/C=C2\Oc3cc(OCc4c(F)c(F)c(F)c(F)c4F)cc(C)c3C2=O)c2ccccc21. The second kappa shape index (κ2) is 8.82. The van der Waals surface area contributed by atoms with E-state index in [1.165, 1.54) is 12.1 Å².